The van der Waals surface area contributed by atoms with Crippen LogP contribution in [-0.4, -0.2) is 65.4 Å². The van der Waals surface area contributed by atoms with Crippen molar-refractivity contribution in [2.45, 2.75) is 44.1 Å². The molecule has 1 aromatic heterocycles. The maximum absolute atomic E-state index is 12.8. The van der Waals surface area contributed by atoms with Crippen molar-refractivity contribution in [3.8, 4) is 0 Å². The molecular weight excluding hydrogens is 340 g/mol. The van der Waals surface area contributed by atoms with Crippen LogP contribution >= 0.6 is 0 Å². The second-order valence-corrected chi connectivity index (χ2v) is 8.12. The highest BCUT2D eigenvalue weighted by molar-refractivity contribution is 5.96. The largest absolute Gasteiger partial charge is 0.340 e. The Morgan fingerprint density at radius 3 is 2.93 bits per heavy atom. The van der Waals surface area contributed by atoms with Gasteiger partial charge in [0, 0.05) is 32.3 Å². The summed E-state index contributed by atoms with van der Waals surface area (Å²) in [5.74, 6) is 0.325. The standard InChI is InChI=1S/C21H28N4O2/c1-23-14-20(27)25(18-8-5-10-22-13-18)16-21(23)9-11-24(15-21)19(26)12-17-6-3-2-4-7-17/h5-6,8,10,13H,2-4,7,9,11-12,14-16H2,1H3. The molecule has 0 bridgehead atoms. The molecule has 2 amide bonds. The number of likely N-dealkylation sites (tertiary alicyclic amines) is 1. The second kappa shape index (κ2) is 7.43. The molecule has 2 saturated heterocycles. The SMILES string of the molecule is CN1CC(=O)N(c2cccnc2)CC12CCN(C(=O)CC1=CCCCC1)C2. The highest BCUT2D eigenvalue weighted by Gasteiger charge is 2.48. The van der Waals surface area contributed by atoms with E-state index in [1.165, 1.54) is 18.4 Å². The van der Waals surface area contributed by atoms with E-state index >= 15 is 0 Å². The summed E-state index contributed by atoms with van der Waals surface area (Å²) in [7, 11) is 2.01. The van der Waals surface area contributed by atoms with E-state index < -0.39 is 0 Å². The minimum atomic E-state index is -0.166. The number of hydrogen-bond donors (Lipinski definition) is 0. The number of pyridine rings is 1. The molecule has 2 fully saturated rings. The van der Waals surface area contributed by atoms with Crippen molar-refractivity contribution in [1.29, 1.82) is 0 Å². The molecule has 2 aliphatic heterocycles. The van der Waals surface area contributed by atoms with Gasteiger partial charge in [-0.25, -0.2) is 0 Å². The zero-order chi connectivity index (χ0) is 18.9. The van der Waals surface area contributed by atoms with E-state index in [0.29, 0.717) is 26.1 Å². The molecule has 0 N–H and O–H groups in total. The van der Waals surface area contributed by atoms with Crippen LogP contribution in [0.5, 0.6) is 0 Å². The van der Waals surface area contributed by atoms with Gasteiger partial charge in [-0.15, -0.1) is 0 Å². The lowest BCUT2D eigenvalue weighted by Gasteiger charge is -2.46. The quantitative estimate of drug-likeness (QED) is 0.768. The number of carbonyl (C=O) groups excluding carboxylic acids is 2. The van der Waals surface area contributed by atoms with Gasteiger partial charge in [0.25, 0.3) is 0 Å². The first-order valence-electron chi connectivity index (χ1n) is 9.95. The summed E-state index contributed by atoms with van der Waals surface area (Å²) in [6.07, 6.45) is 11.8. The predicted octanol–water partition coefficient (Wildman–Crippen LogP) is 2.22. The van der Waals surface area contributed by atoms with Crippen molar-refractivity contribution in [3.05, 3.63) is 36.2 Å². The van der Waals surface area contributed by atoms with E-state index in [0.717, 1.165) is 31.5 Å². The Kier molecular flexibility index (Phi) is 5.00. The third-order valence-corrected chi connectivity index (χ3v) is 6.34. The third kappa shape index (κ3) is 3.63. The summed E-state index contributed by atoms with van der Waals surface area (Å²) >= 11 is 0. The van der Waals surface area contributed by atoms with Crippen molar-refractivity contribution >= 4 is 17.5 Å². The van der Waals surface area contributed by atoms with Crippen LogP contribution in [-0.2, 0) is 9.59 Å². The van der Waals surface area contributed by atoms with Crippen molar-refractivity contribution in [3.63, 3.8) is 0 Å². The maximum Gasteiger partial charge on any atom is 0.241 e. The van der Waals surface area contributed by atoms with Crippen LogP contribution in [0.3, 0.4) is 0 Å². The molecular formula is C21H28N4O2. The lowest BCUT2D eigenvalue weighted by Crippen LogP contribution is -2.64. The Bertz CT molecular complexity index is 748. The molecule has 144 valence electrons. The number of rotatable bonds is 3. The van der Waals surface area contributed by atoms with Crippen LogP contribution in [0.4, 0.5) is 5.69 Å². The summed E-state index contributed by atoms with van der Waals surface area (Å²) < 4.78 is 0. The Balaban J connectivity index is 1.47. The fourth-order valence-electron chi connectivity index (χ4n) is 4.59. The predicted molar refractivity (Wildman–Crippen MR) is 104 cm³/mol. The molecule has 27 heavy (non-hydrogen) atoms. The van der Waals surface area contributed by atoms with Gasteiger partial charge in [-0.3, -0.25) is 19.5 Å². The van der Waals surface area contributed by atoms with Gasteiger partial charge in [-0.05, 0) is 51.3 Å². The van der Waals surface area contributed by atoms with E-state index in [1.807, 2.05) is 29.0 Å². The fourth-order valence-corrected chi connectivity index (χ4v) is 4.59. The van der Waals surface area contributed by atoms with E-state index in [2.05, 4.69) is 16.0 Å². The van der Waals surface area contributed by atoms with Crippen molar-refractivity contribution in [2.75, 3.05) is 38.1 Å². The molecule has 0 radical (unpaired) electrons. The fraction of sp³-hybridized carbons (Fsp3) is 0.571. The smallest absolute Gasteiger partial charge is 0.241 e. The molecule has 1 aliphatic carbocycles. The van der Waals surface area contributed by atoms with Crippen molar-refractivity contribution in [1.82, 2.24) is 14.8 Å². The zero-order valence-electron chi connectivity index (χ0n) is 16.1. The van der Waals surface area contributed by atoms with Crippen LogP contribution < -0.4 is 4.90 Å². The summed E-state index contributed by atoms with van der Waals surface area (Å²) in [6, 6.07) is 3.79. The topological polar surface area (TPSA) is 56.8 Å². The maximum atomic E-state index is 12.8. The van der Waals surface area contributed by atoms with Crippen LogP contribution in [0.2, 0.25) is 0 Å². The molecule has 6 heteroatoms. The lowest BCUT2D eigenvalue weighted by atomic mass is 9.92. The van der Waals surface area contributed by atoms with E-state index in [1.54, 1.807) is 12.4 Å². The zero-order valence-corrected chi connectivity index (χ0v) is 16.1. The van der Waals surface area contributed by atoms with Crippen LogP contribution in [0, 0.1) is 0 Å². The van der Waals surface area contributed by atoms with Crippen LogP contribution in [0.1, 0.15) is 38.5 Å². The van der Waals surface area contributed by atoms with E-state index in [4.69, 9.17) is 0 Å². The molecule has 0 saturated carbocycles. The number of carbonyl (C=O) groups is 2. The van der Waals surface area contributed by atoms with Gasteiger partial charge in [0.2, 0.25) is 11.8 Å². The molecule has 4 rings (SSSR count). The summed E-state index contributed by atoms with van der Waals surface area (Å²) in [6.45, 7) is 2.45. The first-order chi connectivity index (χ1) is 13.1. The molecule has 3 aliphatic rings. The average Bonchev–Trinajstić information content (AvgIpc) is 3.12. The van der Waals surface area contributed by atoms with Gasteiger partial charge in [0.15, 0.2) is 0 Å². The van der Waals surface area contributed by atoms with Crippen molar-refractivity contribution in [2.24, 2.45) is 0 Å². The Hall–Kier alpha value is -2.21. The first-order valence-corrected chi connectivity index (χ1v) is 9.95. The summed E-state index contributed by atoms with van der Waals surface area (Å²) in [4.78, 5) is 35.6. The highest BCUT2D eigenvalue weighted by atomic mass is 16.2. The first kappa shape index (κ1) is 18.2. The van der Waals surface area contributed by atoms with Gasteiger partial charge in [0.05, 0.1) is 24.0 Å². The van der Waals surface area contributed by atoms with Crippen LogP contribution in [0.25, 0.3) is 0 Å². The van der Waals surface area contributed by atoms with Gasteiger partial charge in [0.1, 0.15) is 0 Å². The number of piperazine rings is 1. The molecule has 1 unspecified atom stereocenters. The Morgan fingerprint density at radius 1 is 1.30 bits per heavy atom. The van der Waals surface area contributed by atoms with Crippen LogP contribution in [0.15, 0.2) is 36.2 Å². The summed E-state index contributed by atoms with van der Waals surface area (Å²) in [5.41, 5.74) is 1.98. The van der Waals surface area contributed by atoms with Gasteiger partial charge in [-0.1, -0.05) is 11.6 Å². The number of anilines is 1. The molecule has 6 nitrogen and oxygen atoms in total. The number of aromatic nitrogens is 1. The summed E-state index contributed by atoms with van der Waals surface area (Å²) in [5, 5.41) is 0. The monoisotopic (exact) mass is 368 g/mol. The van der Waals surface area contributed by atoms with Gasteiger partial charge in [-0.2, -0.15) is 0 Å². The number of hydrogen-bond acceptors (Lipinski definition) is 4. The molecule has 1 atom stereocenters. The number of likely N-dealkylation sites (N-methyl/N-ethyl adjacent to an activating group) is 1. The third-order valence-electron chi connectivity index (χ3n) is 6.34. The molecule has 0 aromatic carbocycles. The number of amides is 2. The number of allylic oxidation sites excluding steroid dienone is 1. The Labute approximate surface area is 160 Å². The average molecular weight is 368 g/mol. The molecule has 1 spiro atoms. The highest BCUT2D eigenvalue weighted by Crippen LogP contribution is 2.34. The minimum Gasteiger partial charge on any atom is -0.340 e. The van der Waals surface area contributed by atoms with Gasteiger partial charge < -0.3 is 9.80 Å². The van der Waals surface area contributed by atoms with E-state index in [-0.39, 0.29) is 17.4 Å². The molecule has 1 aromatic rings. The minimum absolute atomic E-state index is 0.0910. The van der Waals surface area contributed by atoms with Crippen molar-refractivity contribution < 1.29 is 9.59 Å². The Morgan fingerprint density at radius 2 is 2.19 bits per heavy atom. The molecule has 3 heterocycles. The van der Waals surface area contributed by atoms with E-state index in [9.17, 15) is 9.59 Å². The lowest BCUT2D eigenvalue weighted by molar-refractivity contribution is -0.130. The normalized spacial score (nSPS) is 26.6. The number of nitrogens with zero attached hydrogens (tertiary/aromatic N) is 4. The van der Waals surface area contributed by atoms with Gasteiger partial charge >= 0.3 is 0 Å². The second-order valence-electron chi connectivity index (χ2n) is 8.12.